The summed E-state index contributed by atoms with van der Waals surface area (Å²) in [5.74, 6) is 0.161. The van der Waals surface area contributed by atoms with Gasteiger partial charge in [-0.1, -0.05) is 30.3 Å². The summed E-state index contributed by atoms with van der Waals surface area (Å²) in [6.45, 7) is 3.40. The number of rotatable bonds is 8. The van der Waals surface area contributed by atoms with Crippen molar-refractivity contribution in [1.82, 2.24) is 10.6 Å². The fourth-order valence-electron chi connectivity index (χ4n) is 2.54. The van der Waals surface area contributed by atoms with Crippen molar-refractivity contribution in [3.05, 3.63) is 35.9 Å². The van der Waals surface area contributed by atoms with Gasteiger partial charge in [0.05, 0.1) is 6.61 Å². The fourth-order valence-corrected chi connectivity index (χ4v) is 2.54. The minimum atomic E-state index is 0. The van der Waals surface area contributed by atoms with Gasteiger partial charge in [-0.05, 0) is 44.3 Å². The standard InChI is InChI=1S/C17H26N2O2.ClH/c20-17(19-16-8-11-18-12-9-16)7-4-13-21-14-10-15-5-2-1-3-6-15;/h1-3,5-6,16,18H,4,7-14H2,(H,19,20);1H. The Bertz CT molecular complexity index is 408. The summed E-state index contributed by atoms with van der Waals surface area (Å²) in [6, 6.07) is 10.7. The molecule has 0 aliphatic carbocycles. The molecule has 1 heterocycles. The third-order valence-electron chi connectivity index (χ3n) is 3.77. The summed E-state index contributed by atoms with van der Waals surface area (Å²) in [5.41, 5.74) is 1.29. The highest BCUT2D eigenvalue weighted by molar-refractivity contribution is 5.85. The van der Waals surface area contributed by atoms with Gasteiger partial charge in [0.25, 0.3) is 0 Å². The molecule has 0 bridgehead atoms. The van der Waals surface area contributed by atoms with E-state index in [2.05, 4.69) is 22.8 Å². The molecule has 2 N–H and O–H groups in total. The Balaban J connectivity index is 0.00000242. The van der Waals surface area contributed by atoms with Crippen LogP contribution in [-0.4, -0.2) is 38.3 Å². The first-order valence-corrected chi connectivity index (χ1v) is 7.96. The van der Waals surface area contributed by atoms with Gasteiger partial charge in [-0.2, -0.15) is 0 Å². The molecule has 4 nitrogen and oxygen atoms in total. The van der Waals surface area contributed by atoms with Crippen LogP contribution in [0.2, 0.25) is 0 Å². The van der Waals surface area contributed by atoms with Crippen LogP contribution in [-0.2, 0) is 16.0 Å². The van der Waals surface area contributed by atoms with Crippen molar-refractivity contribution >= 4 is 18.3 Å². The van der Waals surface area contributed by atoms with Crippen LogP contribution in [0.5, 0.6) is 0 Å². The number of nitrogens with one attached hydrogen (secondary N) is 2. The first-order chi connectivity index (χ1) is 10.3. The number of carbonyl (C=O) groups is 1. The maximum absolute atomic E-state index is 11.8. The zero-order valence-electron chi connectivity index (χ0n) is 13.1. The number of benzene rings is 1. The lowest BCUT2D eigenvalue weighted by molar-refractivity contribution is -0.122. The zero-order valence-corrected chi connectivity index (χ0v) is 13.9. The van der Waals surface area contributed by atoms with Gasteiger partial charge in [0, 0.05) is 19.1 Å². The van der Waals surface area contributed by atoms with Gasteiger partial charge in [-0.25, -0.2) is 0 Å². The Morgan fingerprint density at radius 3 is 2.64 bits per heavy atom. The van der Waals surface area contributed by atoms with E-state index < -0.39 is 0 Å². The summed E-state index contributed by atoms with van der Waals surface area (Å²) in [5, 5.41) is 6.40. The Morgan fingerprint density at radius 2 is 1.91 bits per heavy atom. The van der Waals surface area contributed by atoms with E-state index in [0.717, 1.165) is 45.4 Å². The van der Waals surface area contributed by atoms with Gasteiger partial charge in [0.2, 0.25) is 5.91 Å². The quantitative estimate of drug-likeness (QED) is 0.721. The van der Waals surface area contributed by atoms with E-state index in [1.807, 2.05) is 18.2 Å². The average molecular weight is 327 g/mol. The lowest BCUT2D eigenvalue weighted by Gasteiger charge is -2.23. The van der Waals surface area contributed by atoms with E-state index in [0.29, 0.717) is 19.1 Å². The van der Waals surface area contributed by atoms with Crippen molar-refractivity contribution in [3.63, 3.8) is 0 Å². The van der Waals surface area contributed by atoms with Gasteiger partial charge in [0.15, 0.2) is 0 Å². The van der Waals surface area contributed by atoms with Gasteiger partial charge in [0.1, 0.15) is 0 Å². The van der Waals surface area contributed by atoms with Gasteiger partial charge < -0.3 is 15.4 Å². The first kappa shape index (κ1) is 18.9. The molecule has 0 radical (unpaired) electrons. The van der Waals surface area contributed by atoms with Crippen LogP contribution in [0.15, 0.2) is 30.3 Å². The molecule has 1 saturated heterocycles. The molecular weight excluding hydrogens is 300 g/mol. The summed E-state index contributed by atoms with van der Waals surface area (Å²) >= 11 is 0. The highest BCUT2D eigenvalue weighted by atomic mass is 35.5. The van der Waals surface area contributed by atoms with E-state index in [4.69, 9.17) is 4.74 Å². The van der Waals surface area contributed by atoms with Crippen LogP contribution in [0.3, 0.4) is 0 Å². The summed E-state index contributed by atoms with van der Waals surface area (Å²) in [4.78, 5) is 11.8. The monoisotopic (exact) mass is 326 g/mol. The number of hydrogen-bond acceptors (Lipinski definition) is 3. The summed E-state index contributed by atoms with van der Waals surface area (Å²) in [7, 11) is 0. The van der Waals surface area contributed by atoms with E-state index in [9.17, 15) is 4.79 Å². The third kappa shape index (κ3) is 7.78. The smallest absolute Gasteiger partial charge is 0.220 e. The predicted molar refractivity (Wildman–Crippen MR) is 91.5 cm³/mol. The minimum absolute atomic E-state index is 0. The van der Waals surface area contributed by atoms with Crippen molar-refractivity contribution in [2.45, 2.75) is 38.1 Å². The summed E-state index contributed by atoms with van der Waals surface area (Å²) < 4.78 is 5.59. The number of halogens is 1. The van der Waals surface area contributed by atoms with Gasteiger partial charge in [-0.15, -0.1) is 12.4 Å². The largest absolute Gasteiger partial charge is 0.381 e. The van der Waals surface area contributed by atoms with E-state index in [1.54, 1.807) is 0 Å². The second kappa shape index (κ2) is 11.5. The molecule has 0 spiro atoms. The van der Waals surface area contributed by atoms with E-state index in [1.165, 1.54) is 5.56 Å². The van der Waals surface area contributed by atoms with Crippen LogP contribution >= 0.6 is 12.4 Å². The van der Waals surface area contributed by atoms with Crippen LogP contribution in [0.25, 0.3) is 0 Å². The van der Waals surface area contributed by atoms with Gasteiger partial charge >= 0.3 is 0 Å². The molecule has 124 valence electrons. The number of amides is 1. The molecule has 22 heavy (non-hydrogen) atoms. The third-order valence-corrected chi connectivity index (χ3v) is 3.77. The molecule has 1 aromatic carbocycles. The van der Waals surface area contributed by atoms with Crippen LogP contribution in [0.4, 0.5) is 0 Å². The SMILES string of the molecule is Cl.O=C(CCCOCCc1ccccc1)NC1CCNCC1. The number of ether oxygens (including phenoxy) is 1. The van der Waals surface area contributed by atoms with Crippen LogP contribution < -0.4 is 10.6 Å². The highest BCUT2D eigenvalue weighted by Gasteiger charge is 2.14. The molecule has 1 aliphatic heterocycles. The van der Waals surface area contributed by atoms with E-state index >= 15 is 0 Å². The van der Waals surface area contributed by atoms with Crippen LogP contribution in [0.1, 0.15) is 31.2 Å². The lowest BCUT2D eigenvalue weighted by Crippen LogP contribution is -2.42. The highest BCUT2D eigenvalue weighted by Crippen LogP contribution is 2.03. The molecule has 0 aromatic heterocycles. The Hall–Kier alpha value is -1.10. The minimum Gasteiger partial charge on any atom is -0.381 e. The first-order valence-electron chi connectivity index (χ1n) is 7.96. The predicted octanol–water partition coefficient (Wildman–Crippen LogP) is 2.32. The normalized spacial score (nSPS) is 15.1. The topological polar surface area (TPSA) is 50.4 Å². The Morgan fingerprint density at radius 1 is 1.18 bits per heavy atom. The van der Waals surface area contributed by atoms with Crippen molar-refractivity contribution in [1.29, 1.82) is 0 Å². The lowest BCUT2D eigenvalue weighted by atomic mass is 10.1. The molecule has 1 aliphatic rings. The zero-order chi connectivity index (χ0) is 14.8. The molecule has 1 fully saturated rings. The van der Waals surface area contributed by atoms with Gasteiger partial charge in [-0.3, -0.25) is 4.79 Å². The van der Waals surface area contributed by atoms with E-state index in [-0.39, 0.29) is 18.3 Å². The van der Waals surface area contributed by atoms with Crippen molar-refractivity contribution in [2.75, 3.05) is 26.3 Å². The molecular formula is C17H27ClN2O2. The Labute approximate surface area is 139 Å². The fraction of sp³-hybridized carbons (Fsp3) is 0.588. The molecule has 1 aromatic rings. The second-order valence-corrected chi connectivity index (χ2v) is 5.54. The van der Waals surface area contributed by atoms with Crippen molar-refractivity contribution in [2.24, 2.45) is 0 Å². The van der Waals surface area contributed by atoms with Crippen LogP contribution in [0, 0.1) is 0 Å². The maximum Gasteiger partial charge on any atom is 0.220 e. The number of hydrogen-bond donors (Lipinski definition) is 2. The Kier molecular flexibility index (Phi) is 9.87. The molecule has 5 heteroatoms. The van der Waals surface area contributed by atoms with Crippen molar-refractivity contribution < 1.29 is 9.53 Å². The molecule has 0 unspecified atom stereocenters. The molecule has 0 atom stereocenters. The molecule has 1 amide bonds. The second-order valence-electron chi connectivity index (χ2n) is 5.54. The average Bonchev–Trinajstić information content (AvgIpc) is 2.53. The number of carbonyl (C=O) groups excluding carboxylic acids is 1. The maximum atomic E-state index is 11.8. The number of piperidine rings is 1. The van der Waals surface area contributed by atoms with Crippen molar-refractivity contribution in [3.8, 4) is 0 Å². The molecule has 0 saturated carbocycles. The molecule has 2 rings (SSSR count). The summed E-state index contributed by atoms with van der Waals surface area (Å²) in [6.07, 6.45) is 4.38.